The van der Waals surface area contributed by atoms with Crippen LogP contribution in [0.2, 0.25) is 0 Å². The standard InChI is InChI=1S/C25H21F2N3O2/c1-15-7-8-17(11-16(15)2)22-13-25(32)30(23-6-4-3-5-21(23)28-22)14-24(31)29-20-10-9-18(26)12-19(20)27/h3-12H,13-14H2,1-2H3,(H,29,31). The topological polar surface area (TPSA) is 61.8 Å². The molecule has 1 heterocycles. The summed E-state index contributed by atoms with van der Waals surface area (Å²) in [5.74, 6) is -2.54. The smallest absolute Gasteiger partial charge is 0.244 e. The molecule has 32 heavy (non-hydrogen) atoms. The molecule has 4 rings (SSSR count). The van der Waals surface area contributed by atoms with Crippen molar-refractivity contribution in [3.05, 3.63) is 89.0 Å². The first-order valence-electron chi connectivity index (χ1n) is 10.1. The predicted molar refractivity (Wildman–Crippen MR) is 121 cm³/mol. The highest BCUT2D eigenvalue weighted by Crippen LogP contribution is 2.33. The molecule has 3 aromatic carbocycles. The van der Waals surface area contributed by atoms with Crippen molar-refractivity contribution >= 4 is 34.6 Å². The van der Waals surface area contributed by atoms with Crippen LogP contribution in [0.15, 0.2) is 65.7 Å². The second-order valence-corrected chi connectivity index (χ2v) is 7.68. The van der Waals surface area contributed by atoms with Crippen molar-refractivity contribution in [1.82, 2.24) is 0 Å². The molecule has 0 fully saturated rings. The number of fused-ring (bicyclic) bond motifs is 1. The average Bonchev–Trinajstić information content (AvgIpc) is 2.89. The number of rotatable bonds is 4. The van der Waals surface area contributed by atoms with Gasteiger partial charge in [-0.1, -0.05) is 24.3 Å². The Morgan fingerprint density at radius 2 is 1.81 bits per heavy atom. The minimum Gasteiger partial charge on any atom is -0.322 e. The molecule has 0 saturated carbocycles. The van der Waals surface area contributed by atoms with E-state index in [2.05, 4.69) is 5.32 Å². The molecule has 0 saturated heterocycles. The highest BCUT2D eigenvalue weighted by molar-refractivity contribution is 6.19. The molecule has 0 atom stereocenters. The van der Waals surface area contributed by atoms with Crippen molar-refractivity contribution < 1.29 is 18.4 Å². The van der Waals surface area contributed by atoms with Crippen molar-refractivity contribution in [2.24, 2.45) is 4.99 Å². The molecule has 3 aromatic rings. The fourth-order valence-electron chi connectivity index (χ4n) is 3.53. The van der Waals surface area contributed by atoms with Crippen LogP contribution in [-0.4, -0.2) is 24.1 Å². The van der Waals surface area contributed by atoms with Gasteiger partial charge in [0.25, 0.3) is 0 Å². The summed E-state index contributed by atoms with van der Waals surface area (Å²) in [6, 6.07) is 15.8. The summed E-state index contributed by atoms with van der Waals surface area (Å²) in [4.78, 5) is 31.8. The number of hydrogen-bond acceptors (Lipinski definition) is 3. The number of nitrogens with one attached hydrogen (secondary N) is 1. The lowest BCUT2D eigenvalue weighted by molar-refractivity contribution is -0.120. The van der Waals surface area contributed by atoms with Crippen LogP contribution in [0.1, 0.15) is 23.1 Å². The van der Waals surface area contributed by atoms with Gasteiger partial charge in [0.1, 0.15) is 18.2 Å². The van der Waals surface area contributed by atoms with Crippen molar-refractivity contribution in [2.45, 2.75) is 20.3 Å². The van der Waals surface area contributed by atoms with Gasteiger partial charge in [-0.15, -0.1) is 0 Å². The number of halogens is 2. The molecule has 0 aliphatic carbocycles. The van der Waals surface area contributed by atoms with Gasteiger partial charge in [0.05, 0.1) is 29.2 Å². The Kier molecular flexibility index (Phi) is 5.81. The van der Waals surface area contributed by atoms with Gasteiger partial charge in [0.2, 0.25) is 11.8 Å². The Bertz CT molecular complexity index is 1250. The van der Waals surface area contributed by atoms with Crippen LogP contribution < -0.4 is 10.2 Å². The molecule has 5 nitrogen and oxygen atoms in total. The average molecular weight is 433 g/mol. The quantitative estimate of drug-likeness (QED) is 0.624. The number of anilines is 2. The van der Waals surface area contributed by atoms with E-state index in [1.54, 1.807) is 18.2 Å². The Morgan fingerprint density at radius 3 is 2.56 bits per heavy atom. The van der Waals surface area contributed by atoms with E-state index in [1.807, 2.05) is 38.1 Å². The lowest BCUT2D eigenvalue weighted by Gasteiger charge is -2.22. The second kappa shape index (κ2) is 8.70. The molecule has 0 bridgehead atoms. The molecule has 0 radical (unpaired) electrons. The number of hydrogen-bond donors (Lipinski definition) is 1. The fraction of sp³-hybridized carbons (Fsp3) is 0.160. The molecule has 0 unspecified atom stereocenters. The van der Waals surface area contributed by atoms with Gasteiger partial charge in [-0.2, -0.15) is 0 Å². The molecule has 1 aliphatic heterocycles. The number of carbonyl (C=O) groups excluding carboxylic acids is 2. The number of benzene rings is 3. The molecule has 162 valence electrons. The molecule has 0 spiro atoms. The van der Waals surface area contributed by atoms with Crippen LogP contribution in [0.5, 0.6) is 0 Å². The zero-order valence-electron chi connectivity index (χ0n) is 17.7. The van der Waals surface area contributed by atoms with Crippen molar-refractivity contribution in [3.8, 4) is 0 Å². The first-order chi connectivity index (χ1) is 15.3. The number of aryl methyl sites for hydroxylation is 2. The van der Waals surface area contributed by atoms with E-state index < -0.39 is 17.5 Å². The monoisotopic (exact) mass is 433 g/mol. The molecule has 2 amide bonds. The number of nitrogens with zero attached hydrogens (tertiary/aromatic N) is 2. The predicted octanol–water partition coefficient (Wildman–Crippen LogP) is 5.08. The van der Waals surface area contributed by atoms with Gasteiger partial charge in [-0.05, 0) is 60.9 Å². The van der Waals surface area contributed by atoms with Crippen LogP contribution in [0.25, 0.3) is 0 Å². The third-order valence-corrected chi connectivity index (χ3v) is 5.39. The summed E-state index contributed by atoms with van der Waals surface area (Å²) in [6.07, 6.45) is 0.00930. The summed E-state index contributed by atoms with van der Waals surface area (Å²) in [7, 11) is 0. The Balaban J connectivity index is 1.62. The summed E-state index contributed by atoms with van der Waals surface area (Å²) < 4.78 is 27.0. The zero-order chi connectivity index (χ0) is 22.8. The van der Waals surface area contributed by atoms with E-state index in [-0.39, 0.29) is 24.6 Å². The lowest BCUT2D eigenvalue weighted by Crippen LogP contribution is -2.38. The van der Waals surface area contributed by atoms with Crippen molar-refractivity contribution in [2.75, 3.05) is 16.8 Å². The maximum Gasteiger partial charge on any atom is 0.244 e. The maximum atomic E-state index is 13.9. The van der Waals surface area contributed by atoms with Gasteiger partial charge >= 0.3 is 0 Å². The van der Waals surface area contributed by atoms with Gasteiger partial charge in [0, 0.05) is 6.07 Å². The summed E-state index contributed by atoms with van der Waals surface area (Å²) >= 11 is 0. The Labute approximate surface area is 184 Å². The minimum atomic E-state index is -0.888. The third kappa shape index (κ3) is 4.42. The van der Waals surface area contributed by atoms with Crippen molar-refractivity contribution in [3.63, 3.8) is 0 Å². The van der Waals surface area contributed by atoms with Crippen LogP contribution in [0.4, 0.5) is 25.8 Å². The molecular weight excluding hydrogens is 412 g/mol. The second-order valence-electron chi connectivity index (χ2n) is 7.68. The molecular formula is C25H21F2N3O2. The number of carbonyl (C=O) groups is 2. The Morgan fingerprint density at radius 1 is 1.03 bits per heavy atom. The number of amides is 2. The normalized spacial score (nSPS) is 13.3. The van der Waals surface area contributed by atoms with Gasteiger partial charge in [-0.3, -0.25) is 14.6 Å². The first-order valence-corrected chi connectivity index (χ1v) is 10.1. The SMILES string of the molecule is Cc1ccc(C2=Nc3ccccc3N(CC(=O)Nc3ccc(F)cc3F)C(=O)C2)cc1C. The molecule has 0 aromatic heterocycles. The largest absolute Gasteiger partial charge is 0.322 e. The number of aliphatic imine (C=N–C) groups is 1. The van der Waals surface area contributed by atoms with Crippen LogP contribution in [0.3, 0.4) is 0 Å². The molecule has 1 aliphatic rings. The highest BCUT2D eigenvalue weighted by atomic mass is 19.1. The summed E-state index contributed by atoms with van der Waals surface area (Å²) in [5.41, 5.74) is 4.58. The van der Waals surface area contributed by atoms with Crippen LogP contribution in [0, 0.1) is 25.5 Å². The van der Waals surface area contributed by atoms with E-state index in [0.29, 0.717) is 23.2 Å². The van der Waals surface area contributed by atoms with E-state index >= 15 is 0 Å². The zero-order valence-corrected chi connectivity index (χ0v) is 17.7. The summed E-state index contributed by atoms with van der Waals surface area (Å²) in [6.45, 7) is 3.68. The van der Waals surface area contributed by atoms with E-state index in [1.165, 1.54) is 4.90 Å². The van der Waals surface area contributed by atoms with E-state index in [0.717, 1.165) is 28.8 Å². The van der Waals surface area contributed by atoms with Crippen LogP contribution in [-0.2, 0) is 9.59 Å². The minimum absolute atomic E-state index is 0.00930. The Hall–Kier alpha value is -3.87. The van der Waals surface area contributed by atoms with Gasteiger partial charge in [0.15, 0.2) is 0 Å². The van der Waals surface area contributed by atoms with E-state index in [9.17, 15) is 18.4 Å². The van der Waals surface area contributed by atoms with Gasteiger partial charge in [-0.25, -0.2) is 8.78 Å². The summed E-state index contributed by atoms with van der Waals surface area (Å²) in [5, 5.41) is 2.40. The lowest BCUT2D eigenvalue weighted by atomic mass is 10.0. The highest BCUT2D eigenvalue weighted by Gasteiger charge is 2.27. The third-order valence-electron chi connectivity index (χ3n) is 5.39. The van der Waals surface area contributed by atoms with Gasteiger partial charge < -0.3 is 10.2 Å². The van der Waals surface area contributed by atoms with Crippen molar-refractivity contribution in [1.29, 1.82) is 0 Å². The van der Waals surface area contributed by atoms with Crippen LogP contribution >= 0.6 is 0 Å². The number of para-hydroxylation sites is 2. The molecule has 1 N–H and O–H groups in total. The van der Waals surface area contributed by atoms with E-state index in [4.69, 9.17) is 4.99 Å². The first kappa shape index (κ1) is 21.4. The fourth-order valence-corrected chi connectivity index (χ4v) is 3.53. The molecule has 7 heteroatoms. The maximum absolute atomic E-state index is 13.9.